The van der Waals surface area contributed by atoms with Crippen LogP contribution in [0.1, 0.15) is 51.1 Å². The smallest absolute Gasteiger partial charge is 0.325 e. The van der Waals surface area contributed by atoms with Crippen molar-refractivity contribution in [1.82, 2.24) is 15.1 Å². The summed E-state index contributed by atoms with van der Waals surface area (Å²) in [4.78, 5) is 40.8. The highest BCUT2D eigenvalue weighted by atomic mass is 16.2. The molecule has 1 N–H and O–H groups in total. The Morgan fingerprint density at radius 2 is 2.00 bits per heavy atom. The lowest BCUT2D eigenvalue weighted by Gasteiger charge is -2.36. The van der Waals surface area contributed by atoms with Crippen LogP contribution >= 0.6 is 0 Å². The minimum atomic E-state index is -0.820. The normalized spacial score (nSPS) is 26.7. The van der Waals surface area contributed by atoms with Gasteiger partial charge in [0.25, 0.3) is 5.91 Å². The van der Waals surface area contributed by atoms with Gasteiger partial charge in [0.15, 0.2) is 0 Å². The van der Waals surface area contributed by atoms with Crippen molar-refractivity contribution in [1.29, 1.82) is 0 Å². The van der Waals surface area contributed by atoms with Crippen LogP contribution in [0.25, 0.3) is 0 Å². The molecule has 1 aromatic rings. The molecule has 6 nitrogen and oxygen atoms in total. The lowest BCUT2D eigenvalue weighted by atomic mass is 9.73. The zero-order chi connectivity index (χ0) is 18.9. The van der Waals surface area contributed by atoms with Crippen LogP contribution in [0.4, 0.5) is 4.79 Å². The number of benzene rings is 1. The number of hydrogen-bond donors (Lipinski definition) is 1. The van der Waals surface area contributed by atoms with E-state index in [2.05, 4.69) is 5.32 Å². The van der Waals surface area contributed by atoms with E-state index in [0.29, 0.717) is 6.42 Å². The monoisotopic (exact) mass is 357 g/mol. The van der Waals surface area contributed by atoms with E-state index in [9.17, 15) is 14.4 Å². The predicted octanol–water partition coefficient (Wildman–Crippen LogP) is 2.71. The second-order valence-corrected chi connectivity index (χ2v) is 7.53. The molecule has 1 aliphatic heterocycles. The van der Waals surface area contributed by atoms with Gasteiger partial charge in [0, 0.05) is 7.05 Å². The molecule has 0 radical (unpaired) electrons. The highest BCUT2D eigenvalue weighted by Gasteiger charge is 2.55. The number of nitrogens with one attached hydrogen (secondary N) is 1. The molecule has 3 rings (SSSR count). The Morgan fingerprint density at radius 3 is 2.65 bits per heavy atom. The van der Waals surface area contributed by atoms with Crippen molar-refractivity contribution in [2.75, 3.05) is 13.6 Å². The number of likely N-dealkylation sites (N-methyl/N-ethyl adjacent to an activating group) is 1. The summed E-state index contributed by atoms with van der Waals surface area (Å²) in [6, 6.07) is 9.12. The molecule has 1 saturated heterocycles. The average molecular weight is 357 g/mol. The molecule has 1 spiro atoms. The Balaban J connectivity index is 1.71. The molecule has 2 fully saturated rings. The Hall–Kier alpha value is -2.37. The number of rotatable bonds is 4. The second kappa shape index (κ2) is 7.09. The van der Waals surface area contributed by atoms with E-state index in [1.807, 2.05) is 44.2 Å². The second-order valence-electron chi connectivity index (χ2n) is 7.53. The number of amides is 4. The quantitative estimate of drug-likeness (QED) is 0.843. The Kier molecular flexibility index (Phi) is 5.03. The maximum Gasteiger partial charge on any atom is 0.325 e. The van der Waals surface area contributed by atoms with Crippen LogP contribution in [0.2, 0.25) is 0 Å². The summed E-state index contributed by atoms with van der Waals surface area (Å²) in [6.07, 6.45) is 3.56. The lowest BCUT2D eigenvalue weighted by Crippen LogP contribution is -2.54. The SMILES string of the molecule is CC(c1ccccc1)N(C)C(=O)CN1C(=O)NC2(CCCCC2C)C1=O. The zero-order valence-electron chi connectivity index (χ0n) is 15.7. The lowest BCUT2D eigenvalue weighted by molar-refractivity contribution is -0.140. The minimum absolute atomic E-state index is 0.0915. The molecule has 3 atom stereocenters. The van der Waals surface area contributed by atoms with Crippen LogP contribution in [-0.2, 0) is 9.59 Å². The summed E-state index contributed by atoms with van der Waals surface area (Å²) in [6.45, 7) is 3.73. The first kappa shape index (κ1) is 18.4. The summed E-state index contributed by atoms with van der Waals surface area (Å²) in [5.41, 5.74) is 0.192. The van der Waals surface area contributed by atoms with Gasteiger partial charge in [-0.2, -0.15) is 0 Å². The van der Waals surface area contributed by atoms with Crippen molar-refractivity contribution in [3.63, 3.8) is 0 Å². The van der Waals surface area contributed by atoms with Crippen molar-refractivity contribution >= 4 is 17.8 Å². The molecule has 0 bridgehead atoms. The van der Waals surface area contributed by atoms with E-state index in [4.69, 9.17) is 0 Å². The highest BCUT2D eigenvalue weighted by molar-refractivity contribution is 6.09. The third-order valence-electron chi connectivity index (χ3n) is 6.05. The fourth-order valence-corrected chi connectivity index (χ4v) is 4.06. The molecule has 1 aromatic carbocycles. The predicted molar refractivity (Wildman–Crippen MR) is 98.2 cm³/mol. The maximum atomic E-state index is 13.0. The first-order valence-electron chi connectivity index (χ1n) is 9.31. The van der Waals surface area contributed by atoms with Gasteiger partial charge in [-0.15, -0.1) is 0 Å². The summed E-state index contributed by atoms with van der Waals surface area (Å²) < 4.78 is 0. The van der Waals surface area contributed by atoms with Crippen LogP contribution in [0.5, 0.6) is 0 Å². The first-order chi connectivity index (χ1) is 12.4. The number of carbonyl (C=O) groups excluding carboxylic acids is 3. The zero-order valence-corrected chi connectivity index (χ0v) is 15.7. The molecule has 1 heterocycles. The number of hydrogen-bond acceptors (Lipinski definition) is 3. The molecule has 140 valence electrons. The molecule has 0 aromatic heterocycles. The standard InChI is InChI=1S/C20H27N3O3/c1-14-9-7-8-12-20(14)18(25)23(19(26)21-20)13-17(24)22(3)15(2)16-10-5-4-6-11-16/h4-6,10-11,14-15H,7-9,12-13H2,1-3H3,(H,21,26). The van der Waals surface area contributed by atoms with E-state index < -0.39 is 11.6 Å². The maximum absolute atomic E-state index is 13.0. The average Bonchev–Trinajstić information content (AvgIpc) is 2.88. The minimum Gasteiger partial charge on any atom is -0.337 e. The topological polar surface area (TPSA) is 69.7 Å². The molecule has 6 heteroatoms. The molecular weight excluding hydrogens is 330 g/mol. The van der Waals surface area contributed by atoms with Crippen LogP contribution in [0, 0.1) is 5.92 Å². The Bertz CT molecular complexity index is 706. The van der Waals surface area contributed by atoms with Gasteiger partial charge in [0.2, 0.25) is 5.91 Å². The van der Waals surface area contributed by atoms with E-state index in [-0.39, 0.29) is 30.3 Å². The van der Waals surface area contributed by atoms with E-state index in [1.165, 1.54) is 0 Å². The van der Waals surface area contributed by atoms with Gasteiger partial charge in [0.1, 0.15) is 12.1 Å². The first-order valence-corrected chi connectivity index (χ1v) is 9.31. The van der Waals surface area contributed by atoms with Crippen LogP contribution in [-0.4, -0.2) is 46.8 Å². The summed E-state index contributed by atoms with van der Waals surface area (Å²) >= 11 is 0. The summed E-state index contributed by atoms with van der Waals surface area (Å²) in [7, 11) is 1.71. The van der Waals surface area contributed by atoms with E-state index in [0.717, 1.165) is 29.7 Å². The van der Waals surface area contributed by atoms with Crippen molar-refractivity contribution < 1.29 is 14.4 Å². The fraction of sp³-hybridized carbons (Fsp3) is 0.550. The highest BCUT2D eigenvalue weighted by Crippen LogP contribution is 2.38. The van der Waals surface area contributed by atoms with Crippen molar-refractivity contribution in [2.45, 2.75) is 51.1 Å². The number of imide groups is 1. The molecule has 1 aliphatic carbocycles. The molecule has 4 amide bonds. The van der Waals surface area contributed by atoms with Crippen LogP contribution in [0.3, 0.4) is 0 Å². The number of carbonyl (C=O) groups is 3. The third kappa shape index (κ3) is 3.08. The number of nitrogens with zero attached hydrogens (tertiary/aromatic N) is 2. The largest absolute Gasteiger partial charge is 0.337 e. The van der Waals surface area contributed by atoms with Gasteiger partial charge in [0.05, 0.1) is 6.04 Å². The fourth-order valence-electron chi connectivity index (χ4n) is 4.06. The van der Waals surface area contributed by atoms with Crippen molar-refractivity contribution in [3.05, 3.63) is 35.9 Å². The van der Waals surface area contributed by atoms with Crippen molar-refractivity contribution in [2.24, 2.45) is 5.92 Å². The van der Waals surface area contributed by atoms with Crippen molar-refractivity contribution in [3.8, 4) is 0 Å². The number of urea groups is 1. The Morgan fingerprint density at radius 1 is 1.31 bits per heavy atom. The molecule has 26 heavy (non-hydrogen) atoms. The third-order valence-corrected chi connectivity index (χ3v) is 6.05. The van der Waals surface area contributed by atoms with E-state index in [1.54, 1.807) is 11.9 Å². The van der Waals surface area contributed by atoms with Crippen LogP contribution in [0.15, 0.2) is 30.3 Å². The van der Waals surface area contributed by atoms with Gasteiger partial charge in [-0.1, -0.05) is 50.1 Å². The van der Waals surface area contributed by atoms with Gasteiger partial charge in [-0.05, 0) is 31.2 Å². The summed E-state index contributed by atoms with van der Waals surface area (Å²) in [5, 5.41) is 2.89. The van der Waals surface area contributed by atoms with E-state index >= 15 is 0 Å². The van der Waals surface area contributed by atoms with Gasteiger partial charge in [-0.3, -0.25) is 14.5 Å². The molecule has 3 unspecified atom stereocenters. The molecular formula is C20H27N3O3. The van der Waals surface area contributed by atoms with Gasteiger partial charge >= 0.3 is 6.03 Å². The Labute approximate surface area is 154 Å². The molecule has 1 saturated carbocycles. The van der Waals surface area contributed by atoms with Crippen LogP contribution < -0.4 is 5.32 Å². The molecule has 2 aliphatic rings. The summed E-state index contributed by atoms with van der Waals surface area (Å²) in [5.74, 6) is -0.400. The van der Waals surface area contributed by atoms with Gasteiger partial charge < -0.3 is 10.2 Å². The van der Waals surface area contributed by atoms with Gasteiger partial charge in [-0.25, -0.2) is 4.79 Å².